The Labute approximate surface area is 234 Å². The molecule has 1 N–H and O–H groups in total. The maximum Gasteiger partial charge on any atom is 0.296 e. The fourth-order valence-corrected chi connectivity index (χ4v) is 7.58. The van der Waals surface area contributed by atoms with Gasteiger partial charge in [-0.15, -0.1) is 0 Å². The van der Waals surface area contributed by atoms with E-state index in [1.54, 1.807) is 31.3 Å². The molecule has 1 atom stereocenters. The van der Waals surface area contributed by atoms with Crippen molar-refractivity contribution in [2.24, 2.45) is 0 Å². The monoisotopic (exact) mass is 566 g/mol. The van der Waals surface area contributed by atoms with E-state index >= 15 is 0 Å². The number of rotatable bonds is 7. The highest BCUT2D eigenvalue weighted by Gasteiger charge is 2.66. The van der Waals surface area contributed by atoms with E-state index in [2.05, 4.69) is 0 Å². The van der Waals surface area contributed by atoms with Crippen molar-refractivity contribution in [3.63, 3.8) is 0 Å². The summed E-state index contributed by atoms with van der Waals surface area (Å²) in [4.78, 5) is 45.9. The summed E-state index contributed by atoms with van der Waals surface area (Å²) in [6.07, 6.45) is 2.99. The molecular weight excluding hydrogens is 532 g/mol. The molecule has 2 fully saturated rings. The van der Waals surface area contributed by atoms with Crippen LogP contribution in [-0.2, 0) is 29.9 Å². The van der Waals surface area contributed by atoms with Crippen molar-refractivity contribution in [1.29, 1.82) is 0 Å². The average Bonchev–Trinajstić information content (AvgIpc) is 3.31. The van der Waals surface area contributed by atoms with Gasteiger partial charge in [-0.1, -0.05) is 36.8 Å². The predicted molar refractivity (Wildman–Crippen MR) is 150 cm³/mol. The Balaban J connectivity index is 1.69. The third-order valence-electron chi connectivity index (χ3n) is 7.99. The minimum absolute atomic E-state index is 0.0250. The van der Waals surface area contributed by atoms with Crippen LogP contribution in [0.3, 0.4) is 0 Å². The molecule has 1 spiro atoms. The van der Waals surface area contributed by atoms with Crippen molar-refractivity contribution < 1.29 is 27.9 Å². The van der Waals surface area contributed by atoms with Crippen LogP contribution in [0.4, 0.5) is 5.69 Å². The summed E-state index contributed by atoms with van der Waals surface area (Å²) in [5, 5.41) is 11.7. The van der Waals surface area contributed by atoms with E-state index in [-0.39, 0.29) is 22.6 Å². The van der Waals surface area contributed by atoms with Crippen LogP contribution in [0.1, 0.15) is 36.8 Å². The van der Waals surface area contributed by atoms with E-state index < -0.39 is 38.9 Å². The van der Waals surface area contributed by atoms with Crippen LogP contribution in [0.5, 0.6) is 0 Å². The van der Waals surface area contributed by atoms with Crippen molar-refractivity contribution in [1.82, 2.24) is 14.1 Å². The van der Waals surface area contributed by atoms with Gasteiger partial charge < -0.3 is 19.8 Å². The fraction of sp³-hybridized carbons (Fsp3) is 0.414. The molecule has 2 aromatic carbocycles. The van der Waals surface area contributed by atoms with Gasteiger partial charge in [-0.3, -0.25) is 14.4 Å². The lowest BCUT2D eigenvalue weighted by Gasteiger charge is -2.34. The molecule has 2 amide bonds. The van der Waals surface area contributed by atoms with E-state index in [4.69, 9.17) is 0 Å². The summed E-state index contributed by atoms with van der Waals surface area (Å²) in [6, 6.07) is 12.6. The number of hydrogen-bond acceptors (Lipinski definition) is 7. The SMILES string of the molecule is CN(C)CCCN1C(=O)C(=O)C(=C(O)c2cccc(S(=O)(=O)N3CCCCC3)c2)[C@@]12C(=O)N(C)c1ccccc12. The standard InChI is InChI=1S/C29H34N4O6S/c1-30(2)15-10-18-33-27(36)26(35)24(29(33)22-13-5-6-14-23(22)31(3)28(29)37)25(34)20-11-9-12-21(19-20)40(38,39)32-16-7-4-8-17-32/h5-6,9,11-14,19,34H,4,7-8,10,15-18H2,1-3H3/t29-/m0/s1. The van der Waals surface area contributed by atoms with Gasteiger partial charge in [0.15, 0.2) is 5.54 Å². The first kappa shape index (κ1) is 28.0. The maximum absolute atomic E-state index is 14.1. The second kappa shape index (κ2) is 10.5. The second-order valence-corrected chi connectivity index (χ2v) is 12.7. The van der Waals surface area contributed by atoms with Gasteiger partial charge in [-0.25, -0.2) is 8.42 Å². The number of para-hydroxylation sites is 1. The van der Waals surface area contributed by atoms with Crippen LogP contribution in [-0.4, -0.2) is 92.5 Å². The number of likely N-dealkylation sites (tertiary alicyclic amines) is 1. The lowest BCUT2D eigenvalue weighted by molar-refractivity contribution is -0.143. The number of hydrogen-bond donors (Lipinski definition) is 1. The number of ketones is 1. The Hall–Kier alpha value is -3.54. The number of fused-ring (bicyclic) bond motifs is 2. The largest absolute Gasteiger partial charge is 0.507 e. The van der Waals surface area contributed by atoms with Gasteiger partial charge in [0.1, 0.15) is 5.76 Å². The number of likely N-dealkylation sites (N-methyl/N-ethyl adjacent to an activating group) is 1. The van der Waals surface area contributed by atoms with E-state index in [9.17, 15) is 27.9 Å². The quantitative estimate of drug-likeness (QED) is 0.311. The number of benzene rings is 2. The van der Waals surface area contributed by atoms with Crippen LogP contribution in [0.25, 0.3) is 5.76 Å². The lowest BCUT2D eigenvalue weighted by atomic mass is 9.82. The first-order valence-corrected chi connectivity index (χ1v) is 14.9. The summed E-state index contributed by atoms with van der Waals surface area (Å²) in [7, 11) is 1.51. The Bertz CT molecular complexity index is 1510. The predicted octanol–water partition coefficient (Wildman–Crippen LogP) is 2.37. The number of Topliss-reactive ketones (excluding diaryl/α,β-unsaturated/α-hetero) is 1. The lowest BCUT2D eigenvalue weighted by Crippen LogP contribution is -2.51. The van der Waals surface area contributed by atoms with Crippen molar-refractivity contribution in [3.8, 4) is 0 Å². The number of carbonyl (C=O) groups is 3. The highest BCUT2D eigenvalue weighted by Crippen LogP contribution is 2.53. The van der Waals surface area contributed by atoms with E-state index in [0.29, 0.717) is 37.3 Å². The van der Waals surface area contributed by atoms with Gasteiger partial charge in [-0.05, 0) is 58.1 Å². The van der Waals surface area contributed by atoms with Crippen LogP contribution >= 0.6 is 0 Å². The molecule has 11 heteroatoms. The zero-order valence-electron chi connectivity index (χ0n) is 23.0. The molecule has 212 valence electrons. The highest BCUT2D eigenvalue weighted by molar-refractivity contribution is 7.89. The molecule has 0 aliphatic carbocycles. The summed E-state index contributed by atoms with van der Waals surface area (Å²) in [5.41, 5.74) is -1.22. The maximum atomic E-state index is 14.1. The van der Waals surface area contributed by atoms with Crippen molar-refractivity contribution in [3.05, 3.63) is 65.2 Å². The number of aliphatic hydroxyl groups excluding tert-OH is 1. The number of anilines is 1. The zero-order chi connectivity index (χ0) is 28.8. The number of carbonyl (C=O) groups excluding carboxylic acids is 3. The Morgan fingerprint density at radius 3 is 2.40 bits per heavy atom. The molecule has 2 saturated heterocycles. The van der Waals surface area contributed by atoms with Crippen LogP contribution in [0.2, 0.25) is 0 Å². The Morgan fingerprint density at radius 1 is 1.00 bits per heavy atom. The van der Waals surface area contributed by atoms with Gasteiger partial charge in [0.2, 0.25) is 10.0 Å². The van der Waals surface area contributed by atoms with E-state index in [1.165, 1.54) is 38.4 Å². The molecule has 10 nitrogen and oxygen atoms in total. The highest BCUT2D eigenvalue weighted by atomic mass is 32.2. The van der Waals surface area contributed by atoms with Crippen molar-refractivity contribution in [2.75, 3.05) is 52.2 Å². The minimum atomic E-state index is -3.84. The molecule has 40 heavy (non-hydrogen) atoms. The van der Waals surface area contributed by atoms with E-state index in [1.807, 2.05) is 19.0 Å². The molecule has 3 heterocycles. The number of amides is 2. The van der Waals surface area contributed by atoms with Gasteiger partial charge in [-0.2, -0.15) is 4.31 Å². The zero-order valence-corrected chi connectivity index (χ0v) is 23.8. The summed E-state index contributed by atoms with van der Waals surface area (Å²) < 4.78 is 28.2. The summed E-state index contributed by atoms with van der Waals surface area (Å²) in [5.74, 6) is -2.97. The van der Waals surface area contributed by atoms with Gasteiger partial charge in [0, 0.05) is 43.5 Å². The van der Waals surface area contributed by atoms with Gasteiger partial charge >= 0.3 is 0 Å². The number of aliphatic hydroxyl groups is 1. The molecule has 5 rings (SSSR count). The van der Waals surface area contributed by atoms with Crippen LogP contribution in [0.15, 0.2) is 59.0 Å². The van der Waals surface area contributed by atoms with Gasteiger partial charge in [0.25, 0.3) is 17.6 Å². The van der Waals surface area contributed by atoms with Crippen molar-refractivity contribution >= 4 is 39.1 Å². The third-order valence-corrected chi connectivity index (χ3v) is 9.88. The Kier molecular flexibility index (Phi) is 7.32. The number of sulfonamides is 1. The first-order chi connectivity index (χ1) is 19.0. The molecular formula is C29H34N4O6S. The fourth-order valence-electron chi connectivity index (χ4n) is 6.02. The second-order valence-electron chi connectivity index (χ2n) is 10.8. The van der Waals surface area contributed by atoms with Gasteiger partial charge in [0.05, 0.1) is 10.5 Å². The first-order valence-electron chi connectivity index (χ1n) is 13.5. The summed E-state index contributed by atoms with van der Waals surface area (Å²) >= 11 is 0. The smallest absolute Gasteiger partial charge is 0.296 e. The van der Waals surface area contributed by atoms with Crippen LogP contribution in [0, 0.1) is 0 Å². The molecule has 0 bridgehead atoms. The van der Waals surface area contributed by atoms with Crippen molar-refractivity contribution in [2.45, 2.75) is 36.1 Å². The molecule has 0 unspecified atom stereocenters. The topological polar surface area (TPSA) is 119 Å². The molecule has 0 aromatic heterocycles. The third kappa shape index (κ3) is 4.23. The molecule has 3 aliphatic heterocycles. The minimum Gasteiger partial charge on any atom is -0.507 e. The number of nitrogens with zero attached hydrogens (tertiary/aromatic N) is 4. The molecule has 0 saturated carbocycles. The summed E-state index contributed by atoms with van der Waals surface area (Å²) in [6.45, 7) is 1.54. The van der Waals surface area contributed by atoms with E-state index in [0.717, 1.165) is 19.3 Å². The number of piperidine rings is 1. The molecule has 2 aromatic rings. The van der Waals surface area contributed by atoms with Crippen LogP contribution < -0.4 is 4.90 Å². The normalized spacial score (nSPS) is 23.1. The molecule has 0 radical (unpaired) electrons. The average molecular weight is 567 g/mol. The molecule has 3 aliphatic rings. The Morgan fingerprint density at radius 2 is 1.70 bits per heavy atom.